The second-order valence-corrected chi connectivity index (χ2v) is 4.17. The molecule has 0 saturated heterocycles. The topological polar surface area (TPSA) is 29.1 Å². The van der Waals surface area contributed by atoms with Crippen molar-refractivity contribution in [3.63, 3.8) is 0 Å². The summed E-state index contributed by atoms with van der Waals surface area (Å²) in [6.45, 7) is 0.863. The SMILES string of the molecule is O=C(CCBr)NCCCC1CC1. The van der Waals surface area contributed by atoms with E-state index in [0.29, 0.717) is 6.42 Å². The number of alkyl halides is 1. The molecular formula is C9H16BrNO. The molecular weight excluding hydrogens is 218 g/mol. The van der Waals surface area contributed by atoms with Crippen LogP contribution in [0.4, 0.5) is 0 Å². The lowest BCUT2D eigenvalue weighted by Gasteiger charge is -2.02. The minimum absolute atomic E-state index is 0.169. The molecule has 0 aromatic carbocycles. The van der Waals surface area contributed by atoms with Gasteiger partial charge in [0.25, 0.3) is 0 Å². The summed E-state index contributed by atoms with van der Waals surface area (Å²) in [7, 11) is 0. The van der Waals surface area contributed by atoms with Crippen molar-refractivity contribution in [1.82, 2.24) is 5.32 Å². The van der Waals surface area contributed by atoms with Crippen LogP contribution in [0.1, 0.15) is 32.1 Å². The Hall–Kier alpha value is -0.0500. The lowest BCUT2D eigenvalue weighted by Crippen LogP contribution is -2.24. The van der Waals surface area contributed by atoms with Gasteiger partial charge in [0, 0.05) is 18.3 Å². The number of nitrogens with one attached hydrogen (secondary N) is 1. The zero-order valence-electron chi connectivity index (χ0n) is 7.31. The highest BCUT2D eigenvalue weighted by molar-refractivity contribution is 9.09. The molecule has 1 aliphatic rings. The lowest BCUT2D eigenvalue weighted by molar-refractivity contribution is -0.120. The average Bonchev–Trinajstić information content (AvgIpc) is 2.82. The maximum absolute atomic E-state index is 11.0. The fraction of sp³-hybridized carbons (Fsp3) is 0.889. The Balaban J connectivity index is 1.83. The smallest absolute Gasteiger partial charge is 0.220 e. The highest BCUT2D eigenvalue weighted by Crippen LogP contribution is 2.33. The van der Waals surface area contributed by atoms with Gasteiger partial charge in [-0.1, -0.05) is 28.8 Å². The Morgan fingerprint density at radius 3 is 2.83 bits per heavy atom. The first-order valence-electron chi connectivity index (χ1n) is 4.65. The molecule has 0 bridgehead atoms. The summed E-state index contributed by atoms with van der Waals surface area (Å²) in [4.78, 5) is 11.0. The molecule has 1 N–H and O–H groups in total. The Morgan fingerprint density at radius 1 is 1.50 bits per heavy atom. The van der Waals surface area contributed by atoms with Crippen molar-refractivity contribution in [1.29, 1.82) is 0 Å². The summed E-state index contributed by atoms with van der Waals surface area (Å²) in [6, 6.07) is 0. The minimum Gasteiger partial charge on any atom is -0.356 e. The second kappa shape index (κ2) is 5.57. The maximum atomic E-state index is 11.0. The Kier molecular flexibility index (Phi) is 4.66. The van der Waals surface area contributed by atoms with Gasteiger partial charge < -0.3 is 5.32 Å². The fourth-order valence-electron chi connectivity index (χ4n) is 1.20. The van der Waals surface area contributed by atoms with Crippen LogP contribution in [0.15, 0.2) is 0 Å². The Morgan fingerprint density at radius 2 is 2.25 bits per heavy atom. The molecule has 0 unspecified atom stereocenters. The summed E-state index contributed by atoms with van der Waals surface area (Å²) in [5, 5.41) is 3.66. The normalized spacial score (nSPS) is 16.1. The number of carbonyl (C=O) groups excluding carboxylic acids is 1. The molecule has 2 nitrogen and oxygen atoms in total. The van der Waals surface area contributed by atoms with Gasteiger partial charge in [0.1, 0.15) is 0 Å². The standard InChI is InChI=1S/C9H16BrNO/c10-6-5-9(12)11-7-1-2-8-3-4-8/h8H,1-7H2,(H,11,12). The third-order valence-electron chi connectivity index (χ3n) is 2.13. The first-order chi connectivity index (χ1) is 5.83. The van der Waals surface area contributed by atoms with E-state index >= 15 is 0 Å². The molecule has 0 aromatic heterocycles. The zero-order chi connectivity index (χ0) is 8.81. The molecule has 70 valence electrons. The Bertz CT molecular complexity index is 145. The van der Waals surface area contributed by atoms with E-state index in [2.05, 4.69) is 21.2 Å². The van der Waals surface area contributed by atoms with Gasteiger partial charge in [0.05, 0.1) is 0 Å². The summed E-state index contributed by atoms with van der Waals surface area (Å²) in [5.41, 5.74) is 0. The van der Waals surface area contributed by atoms with Gasteiger partial charge in [0.15, 0.2) is 0 Å². The molecule has 1 rings (SSSR count). The van der Waals surface area contributed by atoms with Crippen LogP contribution in [0.25, 0.3) is 0 Å². The first-order valence-corrected chi connectivity index (χ1v) is 5.77. The molecule has 0 heterocycles. The van der Waals surface area contributed by atoms with E-state index in [1.54, 1.807) is 0 Å². The van der Waals surface area contributed by atoms with Crippen molar-refractivity contribution < 1.29 is 4.79 Å². The zero-order valence-corrected chi connectivity index (χ0v) is 8.90. The Labute approximate surface area is 82.2 Å². The van der Waals surface area contributed by atoms with E-state index in [-0.39, 0.29) is 5.91 Å². The number of halogens is 1. The quantitative estimate of drug-likeness (QED) is 0.553. The van der Waals surface area contributed by atoms with Crippen LogP contribution in [0.5, 0.6) is 0 Å². The van der Waals surface area contributed by atoms with Crippen molar-refractivity contribution >= 4 is 21.8 Å². The van der Waals surface area contributed by atoms with Gasteiger partial charge in [-0.05, 0) is 18.8 Å². The van der Waals surface area contributed by atoms with Crippen LogP contribution in [-0.4, -0.2) is 17.8 Å². The van der Waals surface area contributed by atoms with Crippen LogP contribution >= 0.6 is 15.9 Å². The largest absolute Gasteiger partial charge is 0.356 e. The summed E-state index contributed by atoms with van der Waals surface area (Å²) in [6.07, 6.45) is 5.88. The van der Waals surface area contributed by atoms with Crippen molar-refractivity contribution in [2.45, 2.75) is 32.1 Å². The van der Waals surface area contributed by atoms with E-state index < -0.39 is 0 Å². The van der Waals surface area contributed by atoms with E-state index in [4.69, 9.17) is 0 Å². The molecule has 1 saturated carbocycles. The molecule has 1 fully saturated rings. The molecule has 0 spiro atoms. The second-order valence-electron chi connectivity index (χ2n) is 3.37. The van der Waals surface area contributed by atoms with Gasteiger partial charge in [-0.2, -0.15) is 0 Å². The average molecular weight is 234 g/mol. The van der Waals surface area contributed by atoms with Crippen LogP contribution in [0.2, 0.25) is 0 Å². The molecule has 3 heteroatoms. The minimum atomic E-state index is 0.169. The van der Waals surface area contributed by atoms with Crippen LogP contribution in [-0.2, 0) is 4.79 Å². The molecule has 12 heavy (non-hydrogen) atoms. The van der Waals surface area contributed by atoms with E-state index in [9.17, 15) is 4.79 Å². The third kappa shape index (κ3) is 4.75. The number of carbonyl (C=O) groups is 1. The summed E-state index contributed by atoms with van der Waals surface area (Å²) in [5.74, 6) is 1.15. The fourth-order valence-corrected chi connectivity index (χ4v) is 1.56. The number of hydrogen-bond acceptors (Lipinski definition) is 1. The lowest BCUT2D eigenvalue weighted by atomic mass is 10.2. The van der Waals surface area contributed by atoms with Gasteiger partial charge in [-0.15, -0.1) is 0 Å². The van der Waals surface area contributed by atoms with E-state index in [1.165, 1.54) is 19.3 Å². The molecule has 0 aromatic rings. The highest BCUT2D eigenvalue weighted by Gasteiger charge is 2.19. The molecule has 0 atom stereocenters. The molecule has 1 amide bonds. The number of hydrogen-bond donors (Lipinski definition) is 1. The number of rotatable bonds is 6. The van der Waals surface area contributed by atoms with Crippen molar-refractivity contribution in [3.8, 4) is 0 Å². The molecule has 0 radical (unpaired) electrons. The van der Waals surface area contributed by atoms with E-state index in [0.717, 1.165) is 24.2 Å². The van der Waals surface area contributed by atoms with Crippen LogP contribution in [0, 0.1) is 5.92 Å². The van der Waals surface area contributed by atoms with Gasteiger partial charge in [-0.3, -0.25) is 4.79 Å². The van der Waals surface area contributed by atoms with E-state index in [1.807, 2.05) is 0 Å². The van der Waals surface area contributed by atoms with Crippen molar-refractivity contribution in [2.75, 3.05) is 11.9 Å². The first kappa shape index (κ1) is 10.0. The van der Waals surface area contributed by atoms with Gasteiger partial charge in [-0.25, -0.2) is 0 Å². The number of amides is 1. The summed E-state index contributed by atoms with van der Waals surface area (Å²) < 4.78 is 0. The highest BCUT2D eigenvalue weighted by atomic mass is 79.9. The predicted octanol–water partition coefficient (Wildman–Crippen LogP) is 2.08. The third-order valence-corrected chi connectivity index (χ3v) is 2.53. The van der Waals surface area contributed by atoms with Crippen LogP contribution in [0.3, 0.4) is 0 Å². The van der Waals surface area contributed by atoms with Crippen molar-refractivity contribution in [2.24, 2.45) is 5.92 Å². The van der Waals surface area contributed by atoms with Crippen LogP contribution < -0.4 is 5.32 Å². The summed E-state index contributed by atoms with van der Waals surface area (Å²) >= 11 is 3.23. The molecule has 0 aliphatic heterocycles. The van der Waals surface area contributed by atoms with Crippen molar-refractivity contribution in [3.05, 3.63) is 0 Å². The maximum Gasteiger partial charge on any atom is 0.220 e. The predicted molar refractivity (Wildman–Crippen MR) is 53.4 cm³/mol. The van der Waals surface area contributed by atoms with Gasteiger partial charge in [0.2, 0.25) is 5.91 Å². The molecule has 1 aliphatic carbocycles. The van der Waals surface area contributed by atoms with Gasteiger partial charge >= 0.3 is 0 Å². The monoisotopic (exact) mass is 233 g/mol.